The molecule has 0 aromatic heterocycles. The lowest BCUT2D eigenvalue weighted by Gasteiger charge is -2.39. The molecule has 4 N–H and O–H groups in total. The molecule has 6 atom stereocenters. The molecule has 346 valence electrons. The summed E-state index contributed by atoms with van der Waals surface area (Å²) in [6.07, 6.45) is 47.2. The first-order valence-electron chi connectivity index (χ1n) is 23.4. The van der Waals surface area contributed by atoms with E-state index < -0.39 is 55.4 Å². The molecule has 0 bridgehead atoms. The number of hydrogen-bond acceptors (Lipinski definition) is 10. The van der Waals surface area contributed by atoms with E-state index in [1.165, 1.54) is 64.2 Å². The molecule has 10 nitrogen and oxygen atoms in total. The van der Waals surface area contributed by atoms with Gasteiger partial charge in [0.05, 0.1) is 13.2 Å². The van der Waals surface area contributed by atoms with E-state index in [0.29, 0.717) is 19.3 Å². The van der Waals surface area contributed by atoms with Crippen molar-refractivity contribution in [2.75, 3.05) is 19.8 Å². The second-order valence-electron chi connectivity index (χ2n) is 15.6. The number of aliphatic hydroxyl groups excluding tert-OH is 4. The van der Waals surface area contributed by atoms with Gasteiger partial charge in [-0.25, -0.2) is 0 Å². The Kier molecular flexibility index (Phi) is 37.1. The highest BCUT2D eigenvalue weighted by atomic mass is 16.7. The van der Waals surface area contributed by atoms with E-state index in [2.05, 4.69) is 56.4 Å². The van der Waals surface area contributed by atoms with E-state index in [4.69, 9.17) is 18.9 Å². The van der Waals surface area contributed by atoms with Crippen molar-refractivity contribution in [2.24, 2.45) is 0 Å². The molecule has 1 saturated heterocycles. The van der Waals surface area contributed by atoms with Gasteiger partial charge in [-0.05, 0) is 57.8 Å². The number of allylic oxidation sites excluding steroid dienone is 16. The molecule has 1 rings (SSSR count). The van der Waals surface area contributed by atoms with Crippen LogP contribution in [-0.2, 0) is 28.5 Å². The summed E-state index contributed by atoms with van der Waals surface area (Å²) in [6.45, 7) is 3.08. The van der Waals surface area contributed by atoms with Gasteiger partial charge in [-0.3, -0.25) is 9.59 Å². The van der Waals surface area contributed by atoms with Crippen molar-refractivity contribution in [3.8, 4) is 0 Å². The van der Waals surface area contributed by atoms with Gasteiger partial charge in [0.15, 0.2) is 12.4 Å². The van der Waals surface area contributed by atoms with E-state index in [-0.39, 0.29) is 26.1 Å². The summed E-state index contributed by atoms with van der Waals surface area (Å²) >= 11 is 0. The molecule has 10 heteroatoms. The van der Waals surface area contributed by atoms with Crippen LogP contribution in [0.25, 0.3) is 0 Å². The van der Waals surface area contributed by atoms with Crippen LogP contribution in [0.1, 0.15) is 155 Å². The van der Waals surface area contributed by atoms with Crippen molar-refractivity contribution in [3.05, 3.63) is 97.2 Å². The second kappa shape index (κ2) is 40.7. The van der Waals surface area contributed by atoms with Crippen LogP contribution in [0.15, 0.2) is 97.2 Å². The molecule has 0 radical (unpaired) electrons. The van der Waals surface area contributed by atoms with E-state index in [1.54, 1.807) is 0 Å². The molecular weight excluding hydrogens is 773 g/mol. The largest absolute Gasteiger partial charge is 0.462 e. The van der Waals surface area contributed by atoms with Gasteiger partial charge in [-0.1, -0.05) is 182 Å². The maximum absolute atomic E-state index is 12.7. The summed E-state index contributed by atoms with van der Waals surface area (Å²) < 4.78 is 22.1. The molecule has 1 aliphatic heterocycles. The Hall–Kier alpha value is -3.38. The molecule has 0 saturated carbocycles. The van der Waals surface area contributed by atoms with Crippen molar-refractivity contribution in [3.63, 3.8) is 0 Å². The highest BCUT2D eigenvalue weighted by molar-refractivity contribution is 5.70. The fraction of sp³-hybridized carbons (Fsp3) is 0.647. The van der Waals surface area contributed by atoms with Crippen molar-refractivity contribution < 1.29 is 49.0 Å². The van der Waals surface area contributed by atoms with Crippen molar-refractivity contribution in [1.29, 1.82) is 0 Å². The zero-order valence-electron chi connectivity index (χ0n) is 37.6. The average molecular weight is 855 g/mol. The van der Waals surface area contributed by atoms with Crippen LogP contribution in [0.5, 0.6) is 0 Å². The van der Waals surface area contributed by atoms with Crippen LogP contribution in [0.3, 0.4) is 0 Å². The summed E-state index contributed by atoms with van der Waals surface area (Å²) in [5.41, 5.74) is 0. The molecule has 61 heavy (non-hydrogen) atoms. The number of ether oxygens (including phenoxy) is 4. The van der Waals surface area contributed by atoms with Crippen LogP contribution in [0, 0.1) is 0 Å². The summed E-state index contributed by atoms with van der Waals surface area (Å²) in [7, 11) is 0. The minimum Gasteiger partial charge on any atom is -0.462 e. The Morgan fingerprint density at radius 2 is 1.02 bits per heavy atom. The van der Waals surface area contributed by atoms with Gasteiger partial charge in [0.2, 0.25) is 0 Å². The minimum atomic E-state index is -1.61. The third kappa shape index (κ3) is 32.0. The molecule has 1 aliphatic rings. The fourth-order valence-corrected chi connectivity index (χ4v) is 6.47. The number of carbonyl (C=O) groups excluding carboxylic acids is 2. The SMILES string of the molecule is CC/C=C/C=C/C=C/C=C/C=C/CCCC(=O)OC(COC(=O)CCCCCCCCCCCCCCC/C=C/C/C=C/C/C=C/CC)CO[C@H]1O[C@@H](CO)[C@@H](O)C(O)C1O. The van der Waals surface area contributed by atoms with E-state index in [1.807, 2.05) is 54.7 Å². The maximum atomic E-state index is 12.7. The Morgan fingerprint density at radius 3 is 1.61 bits per heavy atom. The molecule has 3 unspecified atom stereocenters. The molecule has 0 aromatic rings. The first-order valence-corrected chi connectivity index (χ1v) is 23.4. The van der Waals surface area contributed by atoms with Crippen LogP contribution in [-0.4, -0.2) is 89.0 Å². The lowest BCUT2D eigenvalue weighted by Crippen LogP contribution is -2.59. The van der Waals surface area contributed by atoms with Gasteiger partial charge in [0.1, 0.15) is 31.0 Å². The summed E-state index contributed by atoms with van der Waals surface area (Å²) in [5, 5.41) is 40.1. The molecule has 1 fully saturated rings. The third-order valence-corrected chi connectivity index (χ3v) is 10.1. The summed E-state index contributed by atoms with van der Waals surface area (Å²) in [4.78, 5) is 25.3. The predicted octanol–water partition coefficient (Wildman–Crippen LogP) is 10.3. The minimum absolute atomic E-state index is 0.129. The van der Waals surface area contributed by atoms with Gasteiger partial charge >= 0.3 is 11.9 Å². The quantitative estimate of drug-likeness (QED) is 0.0206. The monoisotopic (exact) mass is 855 g/mol. The second-order valence-corrected chi connectivity index (χ2v) is 15.6. The Bertz CT molecular complexity index is 1310. The lowest BCUT2D eigenvalue weighted by atomic mass is 9.99. The van der Waals surface area contributed by atoms with E-state index >= 15 is 0 Å². The zero-order chi connectivity index (χ0) is 44.4. The first-order chi connectivity index (χ1) is 29.8. The maximum Gasteiger partial charge on any atom is 0.306 e. The lowest BCUT2D eigenvalue weighted by molar-refractivity contribution is -0.305. The molecule has 1 heterocycles. The van der Waals surface area contributed by atoms with Crippen LogP contribution >= 0.6 is 0 Å². The van der Waals surface area contributed by atoms with Crippen molar-refractivity contribution in [1.82, 2.24) is 0 Å². The number of esters is 2. The van der Waals surface area contributed by atoms with E-state index in [9.17, 15) is 30.0 Å². The molecule has 0 aromatic carbocycles. The smallest absolute Gasteiger partial charge is 0.306 e. The number of unbranched alkanes of at least 4 members (excludes halogenated alkanes) is 14. The van der Waals surface area contributed by atoms with Crippen molar-refractivity contribution in [2.45, 2.75) is 192 Å². The Morgan fingerprint density at radius 1 is 0.525 bits per heavy atom. The Balaban J connectivity index is 2.29. The van der Waals surface area contributed by atoms with Gasteiger partial charge in [0.25, 0.3) is 0 Å². The standard InChI is InChI=1S/C51H82O10/c1-3-5-7-9-11-13-15-17-18-19-20-21-22-23-24-25-26-28-29-31-33-35-37-39-46(53)58-42-44(43-59-51-50(57)49(56)48(55)45(41-52)61-51)60-47(54)40-38-36-34-32-30-27-16-14-12-10-8-6-4-2/h5-8,10-14,16-18,27,30,32,34,44-45,48-52,55-57H,3-4,9,15,19-26,28-29,31,33,35-43H2,1-2H3/b7-5+,8-6+,12-10+,13-11+,16-14+,18-17+,30-27+,34-32+/t44?,45-,48+,49?,50?,51-/m0/s1. The molecule has 0 aliphatic carbocycles. The van der Waals surface area contributed by atoms with Gasteiger partial charge in [0, 0.05) is 12.8 Å². The highest BCUT2D eigenvalue weighted by Crippen LogP contribution is 2.22. The molecular formula is C51H82O10. The van der Waals surface area contributed by atoms with Crippen LogP contribution in [0.2, 0.25) is 0 Å². The van der Waals surface area contributed by atoms with Gasteiger partial charge in [-0.15, -0.1) is 0 Å². The fourth-order valence-electron chi connectivity index (χ4n) is 6.47. The normalized spacial score (nSPS) is 20.7. The topological polar surface area (TPSA) is 152 Å². The predicted molar refractivity (Wildman–Crippen MR) is 247 cm³/mol. The Labute approximate surface area is 368 Å². The van der Waals surface area contributed by atoms with Gasteiger partial charge in [-0.2, -0.15) is 0 Å². The zero-order valence-corrected chi connectivity index (χ0v) is 37.6. The van der Waals surface area contributed by atoms with E-state index in [0.717, 1.165) is 44.9 Å². The number of aliphatic hydroxyl groups is 4. The number of hydrogen-bond donors (Lipinski definition) is 4. The molecule has 0 amide bonds. The van der Waals surface area contributed by atoms with Crippen LogP contribution in [0.4, 0.5) is 0 Å². The average Bonchev–Trinajstić information content (AvgIpc) is 3.26. The van der Waals surface area contributed by atoms with Crippen molar-refractivity contribution >= 4 is 11.9 Å². The number of carbonyl (C=O) groups is 2. The molecule has 0 spiro atoms. The summed E-state index contributed by atoms with van der Waals surface area (Å²) in [5.74, 6) is -0.902. The highest BCUT2D eigenvalue weighted by Gasteiger charge is 2.44. The number of rotatable bonds is 37. The third-order valence-electron chi connectivity index (χ3n) is 10.1. The summed E-state index contributed by atoms with van der Waals surface area (Å²) in [6, 6.07) is 0. The first kappa shape index (κ1) is 55.6. The van der Waals surface area contributed by atoms with Crippen LogP contribution < -0.4 is 0 Å². The van der Waals surface area contributed by atoms with Gasteiger partial charge < -0.3 is 39.4 Å².